The average molecular weight is 376 g/mol. The first-order valence-electron chi connectivity index (χ1n) is 9.11. The van der Waals surface area contributed by atoms with E-state index in [1.54, 1.807) is 28.8 Å². The Morgan fingerprint density at radius 3 is 2.79 bits per heavy atom. The number of amides is 1. The van der Waals surface area contributed by atoms with Crippen molar-refractivity contribution in [3.63, 3.8) is 0 Å². The van der Waals surface area contributed by atoms with Gasteiger partial charge in [-0.3, -0.25) is 14.2 Å². The Morgan fingerprint density at radius 1 is 1.11 bits per heavy atom. The maximum atomic E-state index is 12.9. The molecule has 4 rings (SSSR count). The maximum absolute atomic E-state index is 12.9. The van der Waals surface area contributed by atoms with Crippen LogP contribution in [-0.2, 0) is 17.9 Å². The summed E-state index contributed by atoms with van der Waals surface area (Å²) in [5.74, 6) is 0.473. The predicted octanol–water partition coefficient (Wildman–Crippen LogP) is 2.36. The Balaban J connectivity index is 1.61. The highest BCUT2D eigenvalue weighted by molar-refractivity contribution is 5.80. The van der Waals surface area contributed by atoms with E-state index in [1.165, 1.54) is 4.57 Å². The zero-order valence-corrected chi connectivity index (χ0v) is 15.5. The van der Waals surface area contributed by atoms with Gasteiger partial charge in [0.15, 0.2) is 5.65 Å². The number of hydrogen-bond acceptors (Lipinski definition) is 4. The molecule has 7 heteroatoms. The molecular formula is C21H20N4O3. The zero-order valence-electron chi connectivity index (χ0n) is 15.5. The summed E-state index contributed by atoms with van der Waals surface area (Å²) in [4.78, 5) is 29.8. The molecule has 0 bridgehead atoms. The molecule has 0 saturated carbocycles. The normalized spacial score (nSPS) is 11.0. The van der Waals surface area contributed by atoms with Crippen LogP contribution in [0.3, 0.4) is 0 Å². The zero-order chi connectivity index (χ0) is 19.5. The van der Waals surface area contributed by atoms with E-state index in [1.807, 2.05) is 43.5 Å². The lowest BCUT2D eigenvalue weighted by Gasteiger charge is -2.13. The van der Waals surface area contributed by atoms with Gasteiger partial charge >= 0.3 is 0 Å². The number of ether oxygens (including phenoxy) is 1. The molecule has 1 aromatic carbocycles. The summed E-state index contributed by atoms with van der Waals surface area (Å²) in [6.45, 7) is 2.68. The molecule has 7 nitrogen and oxygen atoms in total. The van der Waals surface area contributed by atoms with Crippen molar-refractivity contribution >= 4 is 22.6 Å². The summed E-state index contributed by atoms with van der Waals surface area (Å²) in [5, 5.41) is 2.87. The number of nitrogens with one attached hydrogen (secondary N) is 1. The van der Waals surface area contributed by atoms with E-state index in [9.17, 15) is 9.59 Å². The monoisotopic (exact) mass is 376 g/mol. The van der Waals surface area contributed by atoms with Crippen LogP contribution in [0, 0.1) is 0 Å². The topological polar surface area (TPSA) is 77.6 Å². The second kappa shape index (κ2) is 7.56. The van der Waals surface area contributed by atoms with Gasteiger partial charge in [0, 0.05) is 24.5 Å². The molecule has 4 aromatic rings. The Kier molecular flexibility index (Phi) is 4.80. The molecule has 0 aliphatic heterocycles. The molecule has 0 aliphatic carbocycles. The SMILES string of the molecule is CCOc1ccccc1CNC(=O)Cn1c(=O)c2cccn2c2cccnc21. The van der Waals surface area contributed by atoms with Crippen molar-refractivity contribution < 1.29 is 9.53 Å². The van der Waals surface area contributed by atoms with Crippen molar-refractivity contribution in [2.75, 3.05) is 6.61 Å². The van der Waals surface area contributed by atoms with Crippen LogP contribution in [0.2, 0.25) is 0 Å². The third kappa shape index (κ3) is 3.22. The summed E-state index contributed by atoms with van der Waals surface area (Å²) >= 11 is 0. The molecule has 1 amide bonds. The van der Waals surface area contributed by atoms with Crippen molar-refractivity contribution in [1.29, 1.82) is 0 Å². The number of para-hydroxylation sites is 1. The summed E-state index contributed by atoms with van der Waals surface area (Å²) < 4.78 is 8.78. The van der Waals surface area contributed by atoms with Crippen LogP contribution in [0.4, 0.5) is 0 Å². The lowest BCUT2D eigenvalue weighted by molar-refractivity contribution is -0.121. The standard InChI is InChI=1S/C21H20N4O3/c1-2-28-18-10-4-3-7-15(18)13-23-19(26)14-25-20-16(8-5-11-22-20)24-12-6-9-17(24)21(25)27/h3-12H,2,13-14H2,1H3,(H,23,26). The lowest BCUT2D eigenvalue weighted by Crippen LogP contribution is -2.33. The number of fused-ring (bicyclic) bond motifs is 3. The Bertz CT molecular complexity index is 1210. The van der Waals surface area contributed by atoms with E-state index in [4.69, 9.17) is 4.74 Å². The number of rotatable bonds is 6. The minimum atomic E-state index is -0.267. The van der Waals surface area contributed by atoms with Crippen LogP contribution in [0.1, 0.15) is 12.5 Å². The van der Waals surface area contributed by atoms with Gasteiger partial charge in [-0.15, -0.1) is 0 Å². The summed E-state index contributed by atoms with van der Waals surface area (Å²) in [6, 6.07) is 14.8. The van der Waals surface area contributed by atoms with Gasteiger partial charge in [-0.1, -0.05) is 18.2 Å². The average Bonchev–Trinajstić information content (AvgIpc) is 3.21. The molecule has 28 heavy (non-hydrogen) atoms. The van der Waals surface area contributed by atoms with Gasteiger partial charge in [0.1, 0.15) is 17.8 Å². The Morgan fingerprint density at radius 2 is 1.93 bits per heavy atom. The van der Waals surface area contributed by atoms with Crippen LogP contribution < -0.4 is 15.6 Å². The van der Waals surface area contributed by atoms with E-state index in [0.29, 0.717) is 24.3 Å². The van der Waals surface area contributed by atoms with Crippen LogP contribution >= 0.6 is 0 Å². The Labute approximate surface area is 161 Å². The minimum absolute atomic E-state index is 0.106. The third-order valence-electron chi connectivity index (χ3n) is 4.54. The molecule has 0 radical (unpaired) electrons. The highest BCUT2D eigenvalue weighted by Crippen LogP contribution is 2.17. The molecule has 3 heterocycles. The van der Waals surface area contributed by atoms with E-state index >= 15 is 0 Å². The number of benzene rings is 1. The van der Waals surface area contributed by atoms with E-state index in [0.717, 1.165) is 16.8 Å². The van der Waals surface area contributed by atoms with Crippen molar-refractivity contribution in [2.45, 2.75) is 20.0 Å². The van der Waals surface area contributed by atoms with Gasteiger partial charge in [-0.05, 0) is 37.3 Å². The van der Waals surface area contributed by atoms with Crippen molar-refractivity contribution in [1.82, 2.24) is 19.3 Å². The molecule has 0 atom stereocenters. The lowest BCUT2D eigenvalue weighted by atomic mass is 10.2. The van der Waals surface area contributed by atoms with E-state index in [2.05, 4.69) is 10.3 Å². The first-order valence-corrected chi connectivity index (χ1v) is 9.11. The van der Waals surface area contributed by atoms with Gasteiger partial charge in [0.2, 0.25) is 5.91 Å². The number of hydrogen-bond donors (Lipinski definition) is 1. The summed E-state index contributed by atoms with van der Waals surface area (Å²) in [5.41, 5.74) is 2.39. The van der Waals surface area contributed by atoms with Crippen LogP contribution in [0.15, 0.2) is 65.7 Å². The molecule has 0 spiro atoms. The number of pyridine rings is 1. The minimum Gasteiger partial charge on any atom is -0.494 e. The van der Waals surface area contributed by atoms with Gasteiger partial charge in [-0.2, -0.15) is 0 Å². The Hall–Kier alpha value is -3.61. The van der Waals surface area contributed by atoms with E-state index < -0.39 is 0 Å². The third-order valence-corrected chi connectivity index (χ3v) is 4.54. The van der Waals surface area contributed by atoms with Gasteiger partial charge < -0.3 is 14.5 Å². The fraction of sp³-hybridized carbons (Fsp3) is 0.190. The van der Waals surface area contributed by atoms with Crippen LogP contribution in [0.5, 0.6) is 5.75 Å². The van der Waals surface area contributed by atoms with Gasteiger partial charge in [0.25, 0.3) is 5.56 Å². The number of carbonyl (C=O) groups is 1. The highest BCUT2D eigenvalue weighted by Gasteiger charge is 2.14. The number of aromatic nitrogens is 3. The fourth-order valence-corrected chi connectivity index (χ4v) is 3.27. The molecule has 142 valence electrons. The number of carbonyl (C=O) groups excluding carboxylic acids is 1. The number of nitrogens with zero attached hydrogens (tertiary/aromatic N) is 3. The first-order chi connectivity index (χ1) is 13.7. The van der Waals surface area contributed by atoms with Crippen molar-refractivity contribution in [2.24, 2.45) is 0 Å². The largest absolute Gasteiger partial charge is 0.494 e. The smallest absolute Gasteiger partial charge is 0.276 e. The maximum Gasteiger partial charge on any atom is 0.276 e. The molecule has 0 saturated heterocycles. The molecule has 3 aromatic heterocycles. The fourth-order valence-electron chi connectivity index (χ4n) is 3.27. The predicted molar refractivity (Wildman–Crippen MR) is 106 cm³/mol. The van der Waals surface area contributed by atoms with Crippen LogP contribution in [0.25, 0.3) is 16.7 Å². The second-order valence-corrected chi connectivity index (χ2v) is 6.32. The quantitative estimate of drug-likeness (QED) is 0.560. The molecule has 0 aliphatic rings. The molecule has 0 unspecified atom stereocenters. The van der Waals surface area contributed by atoms with Crippen molar-refractivity contribution in [3.8, 4) is 5.75 Å². The summed E-state index contributed by atoms with van der Waals surface area (Å²) in [6.07, 6.45) is 3.43. The molecule has 0 fully saturated rings. The van der Waals surface area contributed by atoms with Crippen LogP contribution in [-0.4, -0.2) is 26.5 Å². The highest BCUT2D eigenvalue weighted by atomic mass is 16.5. The first kappa shape index (κ1) is 17.8. The van der Waals surface area contributed by atoms with Gasteiger partial charge in [0.05, 0.1) is 12.1 Å². The molecule has 1 N–H and O–H groups in total. The summed E-state index contributed by atoms with van der Waals surface area (Å²) in [7, 11) is 0. The van der Waals surface area contributed by atoms with E-state index in [-0.39, 0.29) is 18.0 Å². The van der Waals surface area contributed by atoms with Crippen molar-refractivity contribution in [3.05, 3.63) is 76.8 Å². The molecular weight excluding hydrogens is 356 g/mol. The van der Waals surface area contributed by atoms with Gasteiger partial charge in [-0.25, -0.2) is 4.98 Å². The second-order valence-electron chi connectivity index (χ2n) is 6.32.